The number of hydrogen-bond donors (Lipinski definition) is 0. The van der Waals surface area contributed by atoms with E-state index in [2.05, 4.69) is 9.72 Å². The van der Waals surface area contributed by atoms with Crippen molar-refractivity contribution in [2.24, 2.45) is 0 Å². The molecule has 0 atom stereocenters. The van der Waals surface area contributed by atoms with Crippen LogP contribution < -0.4 is 0 Å². The number of carbonyl (C=O) groups is 1. The van der Waals surface area contributed by atoms with Crippen molar-refractivity contribution in [1.29, 1.82) is 0 Å². The first-order valence-electron chi connectivity index (χ1n) is 6.27. The number of fused-ring (bicyclic) bond motifs is 1. The van der Waals surface area contributed by atoms with E-state index >= 15 is 0 Å². The maximum absolute atomic E-state index is 11.4. The second kappa shape index (κ2) is 5.46. The Labute approximate surface area is 126 Å². The first-order chi connectivity index (χ1) is 10.2. The fourth-order valence-electron chi connectivity index (χ4n) is 2.00. The van der Waals surface area contributed by atoms with Gasteiger partial charge in [0.1, 0.15) is 10.2 Å². The molecule has 0 N–H and O–H groups in total. The zero-order valence-corrected chi connectivity index (χ0v) is 12.0. The van der Waals surface area contributed by atoms with E-state index in [0.717, 1.165) is 10.9 Å². The van der Waals surface area contributed by atoms with E-state index in [1.807, 2.05) is 24.3 Å². The van der Waals surface area contributed by atoms with E-state index < -0.39 is 0 Å². The Hall–Kier alpha value is -2.53. The number of methoxy groups -OCH3 is 1. The summed E-state index contributed by atoms with van der Waals surface area (Å²) in [6.07, 6.45) is 0. The van der Waals surface area contributed by atoms with Crippen molar-refractivity contribution in [3.8, 4) is 11.5 Å². The van der Waals surface area contributed by atoms with Crippen LogP contribution in [0, 0.1) is 4.64 Å². The lowest BCUT2D eigenvalue weighted by atomic mass is 10.1. The largest absolute Gasteiger partial charge is 0.465 e. The van der Waals surface area contributed by atoms with Gasteiger partial charge in [0, 0.05) is 5.56 Å². The van der Waals surface area contributed by atoms with Gasteiger partial charge in [0.25, 0.3) is 0 Å². The molecule has 0 bridgehead atoms. The van der Waals surface area contributed by atoms with E-state index in [-0.39, 0.29) is 5.97 Å². The molecule has 0 spiro atoms. The monoisotopic (exact) mass is 297 g/mol. The van der Waals surface area contributed by atoms with Gasteiger partial charge in [-0.2, -0.15) is 0 Å². The van der Waals surface area contributed by atoms with Crippen LogP contribution in [0.1, 0.15) is 10.4 Å². The number of aromatic nitrogens is 1. The summed E-state index contributed by atoms with van der Waals surface area (Å²) in [5, 5.41) is 0.808. The molecule has 0 saturated heterocycles. The SMILES string of the molecule is COC(=O)c1ccc(-c2nc(=S)c3ccccc3o2)cc1. The summed E-state index contributed by atoms with van der Waals surface area (Å²) in [7, 11) is 1.35. The average Bonchev–Trinajstić information content (AvgIpc) is 2.54. The zero-order valence-electron chi connectivity index (χ0n) is 11.2. The standard InChI is InChI=1S/C16H11NO3S/c1-19-16(18)11-8-6-10(7-9-11)14-17-15(21)12-4-2-3-5-13(12)20-14/h2-9H,1H3. The fourth-order valence-corrected chi connectivity index (χ4v) is 2.25. The summed E-state index contributed by atoms with van der Waals surface area (Å²) < 4.78 is 10.9. The number of hydrogen-bond acceptors (Lipinski definition) is 5. The Kier molecular flexibility index (Phi) is 3.50. The molecule has 21 heavy (non-hydrogen) atoms. The van der Waals surface area contributed by atoms with Crippen LogP contribution in [-0.2, 0) is 4.74 Å². The predicted molar refractivity (Wildman–Crippen MR) is 81.6 cm³/mol. The van der Waals surface area contributed by atoms with E-state index in [1.165, 1.54) is 7.11 Å². The molecule has 104 valence electrons. The smallest absolute Gasteiger partial charge is 0.337 e. The van der Waals surface area contributed by atoms with Gasteiger partial charge in [-0.3, -0.25) is 0 Å². The van der Waals surface area contributed by atoms with Crippen LogP contribution >= 0.6 is 12.2 Å². The Morgan fingerprint density at radius 3 is 2.57 bits per heavy atom. The molecule has 5 heteroatoms. The zero-order chi connectivity index (χ0) is 14.8. The van der Waals surface area contributed by atoms with Crippen molar-refractivity contribution < 1.29 is 13.9 Å². The van der Waals surface area contributed by atoms with E-state index in [1.54, 1.807) is 24.3 Å². The number of benzene rings is 2. The number of carbonyl (C=O) groups excluding carboxylic acids is 1. The minimum absolute atomic E-state index is 0.381. The third kappa shape index (κ3) is 2.55. The van der Waals surface area contributed by atoms with Crippen molar-refractivity contribution in [1.82, 2.24) is 4.98 Å². The lowest BCUT2D eigenvalue weighted by molar-refractivity contribution is 0.0601. The van der Waals surface area contributed by atoms with Gasteiger partial charge in [0.05, 0.1) is 18.1 Å². The normalized spacial score (nSPS) is 10.5. The average molecular weight is 297 g/mol. The molecule has 4 nitrogen and oxygen atoms in total. The van der Waals surface area contributed by atoms with Crippen LogP contribution in [0.15, 0.2) is 52.9 Å². The molecule has 0 saturated carbocycles. The van der Waals surface area contributed by atoms with Crippen molar-refractivity contribution in [3.05, 3.63) is 58.7 Å². The van der Waals surface area contributed by atoms with Crippen LogP contribution in [0.4, 0.5) is 0 Å². The van der Waals surface area contributed by atoms with E-state index in [9.17, 15) is 4.79 Å². The highest BCUT2D eigenvalue weighted by molar-refractivity contribution is 7.71. The van der Waals surface area contributed by atoms with Crippen molar-refractivity contribution in [3.63, 3.8) is 0 Å². The highest BCUT2D eigenvalue weighted by Gasteiger charge is 2.09. The summed E-state index contributed by atoms with van der Waals surface area (Å²) in [4.78, 5) is 15.7. The molecule has 1 aromatic heterocycles. The van der Waals surface area contributed by atoms with Crippen LogP contribution in [0.25, 0.3) is 22.4 Å². The third-order valence-corrected chi connectivity index (χ3v) is 3.39. The maximum Gasteiger partial charge on any atom is 0.337 e. The molecule has 0 fully saturated rings. The Morgan fingerprint density at radius 2 is 1.86 bits per heavy atom. The van der Waals surface area contributed by atoms with Crippen LogP contribution in [-0.4, -0.2) is 18.1 Å². The minimum Gasteiger partial charge on any atom is -0.465 e. The maximum atomic E-state index is 11.4. The number of esters is 1. The van der Waals surface area contributed by atoms with Gasteiger partial charge in [-0.15, -0.1) is 0 Å². The number of para-hydroxylation sites is 1. The van der Waals surface area contributed by atoms with Crippen molar-refractivity contribution in [2.75, 3.05) is 7.11 Å². The molecule has 0 aliphatic carbocycles. The quantitative estimate of drug-likeness (QED) is 0.528. The number of nitrogens with zero attached hydrogens (tertiary/aromatic N) is 1. The molecular formula is C16H11NO3S. The fraction of sp³-hybridized carbons (Fsp3) is 0.0625. The molecule has 3 rings (SSSR count). The van der Waals surface area contributed by atoms with Crippen LogP contribution in [0.2, 0.25) is 0 Å². The van der Waals surface area contributed by atoms with Gasteiger partial charge in [-0.1, -0.05) is 24.4 Å². The second-order valence-electron chi connectivity index (χ2n) is 4.39. The van der Waals surface area contributed by atoms with Crippen LogP contribution in [0.5, 0.6) is 0 Å². The first-order valence-corrected chi connectivity index (χ1v) is 6.68. The molecule has 0 aliphatic rings. The Bertz CT molecular complexity index is 869. The topological polar surface area (TPSA) is 52.3 Å². The van der Waals surface area contributed by atoms with Gasteiger partial charge in [0.2, 0.25) is 5.89 Å². The summed E-state index contributed by atoms with van der Waals surface area (Å²) in [5.41, 5.74) is 1.91. The summed E-state index contributed by atoms with van der Waals surface area (Å²) in [5.74, 6) is 0.0454. The minimum atomic E-state index is -0.381. The highest BCUT2D eigenvalue weighted by atomic mass is 32.1. The lowest BCUT2D eigenvalue weighted by Gasteiger charge is -2.04. The number of rotatable bonds is 2. The molecule has 0 amide bonds. The van der Waals surface area contributed by atoms with Crippen molar-refractivity contribution >= 4 is 29.2 Å². The third-order valence-electron chi connectivity index (χ3n) is 3.08. The van der Waals surface area contributed by atoms with Gasteiger partial charge < -0.3 is 9.15 Å². The molecule has 0 unspecified atom stereocenters. The van der Waals surface area contributed by atoms with Gasteiger partial charge in [-0.05, 0) is 36.4 Å². The molecule has 3 aromatic rings. The lowest BCUT2D eigenvalue weighted by Crippen LogP contribution is -2.00. The molecule has 1 heterocycles. The molecule has 2 aromatic carbocycles. The van der Waals surface area contributed by atoms with E-state index in [4.69, 9.17) is 16.6 Å². The van der Waals surface area contributed by atoms with Gasteiger partial charge >= 0.3 is 5.97 Å². The molecular weight excluding hydrogens is 286 g/mol. The first kappa shape index (κ1) is 13.5. The second-order valence-corrected chi connectivity index (χ2v) is 4.78. The Balaban J connectivity index is 2.08. The van der Waals surface area contributed by atoms with Gasteiger partial charge in [-0.25, -0.2) is 9.78 Å². The molecule has 0 radical (unpaired) electrons. The van der Waals surface area contributed by atoms with E-state index in [0.29, 0.717) is 21.7 Å². The van der Waals surface area contributed by atoms with Crippen LogP contribution in [0.3, 0.4) is 0 Å². The Morgan fingerprint density at radius 1 is 1.14 bits per heavy atom. The summed E-state index contributed by atoms with van der Waals surface area (Å²) >= 11 is 5.28. The highest BCUT2D eigenvalue weighted by Crippen LogP contribution is 2.23. The molecule has 0 aliphatic heterocycles. The number of ether oxygens (including phenoxy) is 1. The van der Waals surface area contributed by atoms with Crippen molar-refractivity contribution in [2.45, 2.75) is 0 Å². The predicted octanol–water partition coefficient (Wildman–Crippen LogP) is 4.01. The summed E-state index contributed by atoms with van der Waals surface area (Å²) in [6.45, 7) is 0. The summed E-state index contributed by atoms with van der Waals surface area (Å²) in [6, 6.07) is 14.3. The van der Waals surface area contributed by atoms with Gasteiger partial charge in [0.15, 0.2) is 0 Å².